The van der Waals surface area contributed by atoms with Gasteiger partial charge in [0.05, 0.1) is 18.2 Å². The molecule has 2 aromatic rings. The van der Waals surface area contributed by atoms with Crippen LogP contribution in [0.3, 0.4) is 0 Å². The summed E-state index contributed by atoms with van der Waals surface area (Å²) >= 11 is 7.27. The van der Waals surface area contributed by atoms with E-state index in [0.717, 1.165) is 23.3 Å². The Morgan fingerprint density at radius 3 is 2.88 bits per heavy atom. The second kappa shape index (κ2) is 8.15. The third-order valence-electron chi connectivity index (χ3n) is 4.43. The van der Waals surface area contributed by atoms with E-state index in [9.17, 15) is 9.18 Å². The number of carbonyl (C=O) groups is 1. The molecule has 1 saturated carbocycles. The number of anilines is 1. The van der Waals surface area contributed by atoms with Gasteiger partial charge in [-0.2, -0.15) is 0 Å². The molecule has 0 aliphatic heterocycles. The monoisotopic (exact) mass is 381 g/mol. The molecule has 1 amide bonds. The minimum atomic E-state index is -0.538. The van der Waals surface area contributed by atoms with Gasteiger partial charge in [0.25, 0.3) is 0 Å². The zero-order valence-corrected chi connectivity index (χ0v) is 15.7. The van der Waals surface area contributed by atoms with Crippen molar-refractivity contribution >= 4 is 34.5 Å². The van der Waals surface area contributed by atoms with Crippen molar-refractivity contribution in [2.45, 2.75) is 44.6 Å². The van der Waals surface area contributed by atoms with Gasteiger partial charge in [-0.25, -0.2) is 4.39 Å². The molecule has 0 radical (unpaired) electrons. The van der Waals surface area contributed by atoms with Crippen LogP contribution in [-0.4, -0.2) is 16.5 Å². The zero-order valence-electron chi connectivity index (χ0n) is 14.1. The third kappa shape index (κ3) is 4.70. The molecule has 0 atom stereocenters. The topological polar surface area (TPSA) is 46.4 Å². The van der Waals surface area contributed by atoms with Gasteiger partial charge in [-0.15, -0.1) is 11.3 Å². The number of hydrogen-bond donors (Lipinski definition) is 1. The molecule has 134 valence electrons. The minimum absolute atomic E-state index is 0.138. The summed E-state index contributed by atoms with van der Waals surface area (Å²) in [6.45, 7) is 0. The molecule has 0 saturated heterocycles. The molecule has 1 fully saturated rings. The molecule has 3 rings (SSSR count). The molecule has 1 aliphatic rings. The lowest BCUT2D eigenvalue weighted by Gasteiger charge is -2.16. The molecule has 0 bridgehead atoms. The van der Waals surface area contributed by atoms with Gasteiger partial charge >= 0.3 is 0 Å². The van der Waals surface area contributed by atoms with Crippen molar-refractivity contribution in [2.75, 3.05) is 5.32 Å². The van der Waals surface area contributed by atoms with Crippen molar-refractivity contribution in [3.05, 3.63) is 44.9 Å². The van der Waals surface area contributed by atoms with Crippen molar-refractivity contribution in [2.24, 2.45) is 12.0 Å². The van der Waals surface area contributed by atoms with Crippen molar-refractivity contribution in [1.29, 1.82) is 0 Å². The zero-order chi connectivity index (χ0) is 17.8. The highest BCUT2D eigenvalue weighted by Crippen LogP contribution is 2.20. The number of thiazole rings is 1. The number of halogens is 2. The van der Waals surface area contributed by atoms with E-state index in [2.05, 4.69) is 5.32 Å². The summed E-state index contributed by atoms with van der Waals surface area (Å²) in [7, 11) is 1.92. The fourth-order valence-corrected chi connectivity index (χ4v) is 4.12. The standard InChI is InChI=1S/C18H21ClFN3OS/c1-23-14(11-25-18(23)21-13-5-3-2-4-6-13)10-17(24)22-16-8-7-12(19)9-15(16)20/h7-9,11,13H,2-6,10H2,1H3,(H,22,24). The summed E-state index contributed by atoms with van der Waals surface area (Å²) in [5.74, 6) is -0.803. The molecule has 4 nitrogen and oxygen atoms in total. The first-order chi connectivity index (χ1) is 12.0. The number of nitrogens with one attached hydrogen (secondary N) is 1. The maximum Gasteiger partial charge on any atom is 0.230 e. The summed E-state index contributed by atoms with van der Waals surface area (Å²) < 4.78 is 15.7. The molecule has 0 spiro atoms. The van der Waals surface area contributed by atoms with Crippen LogP contribution in [-0.2, 0) is 18.3 Å². The highest BCUT2D eigenvalue weighted by Gasteiger charge is 2.14. The minimum Gasteiger partial charge on any atom is -0.324 e. The van der Waals surface area contributed by atoms with Crippen molar-refractivity contribution < 1.29 is 9.18 Å². The fourth-order valence-electron chi connectivity index (χ4n) is 3.00. The number of carbonyl (C=O) groups excluding carboxylic acids is 1. The number of rotatable bonds is 4. The molecular formula is C18H21ClFN3OS. The Balaban J connectivity index is 1.68. The van der Waals surface area contributed by atoms with E-state index in [-0.39, 0.29) is 18.0 Å². The van der Waals surface area contributed by atoms with Gasteiger partial charge in [-0.05, 0) is 31.0 Å². The van der Waals surface area contributed by atoms with Gasteiger partial charge in [0, 0.05) is 23.1 Å². The summed E-state index contributed by atoms with van der Waals surface area (Å²) in [5, 5.41) is 4.84. The molecule has 1 heterocycles. The van der Waals surface area contributed by atoms with Crippen molar-refractivity contribution in [3.8, 4) is 0 Å². The second-order valence-electron chi connectivity index (χ2n) is 6.34. The lowest BCUT2D eigenvalue weighted by atomic mass is 9.96. The summed E-state index contributed by atoms with van der Waals surface area (Å²) in [4.78, 5) is 18.0. The predicted octanol–water partition coefficient (Wildman–Crippen LogP) is 4.29. The molecule has 1 aromatic heterocycles. The number of nitrogens with zero attached hydrogens (tertiary/aromatic N) is 2. The van der Waals surface area contributed by atoms with Crippen LogP contribution in [0.15, 0.2) is 28.6 Å². The first-order valence-electron chi connectivity index (χ1n) is 8.45. The lowest BCUT2D eigenvalue weighted by molar-refractivity contribution is -0.115. The van der Waals surface area contributed by atoms with Crippen molar-refractivity contribution in [1.82, 2.24) is 4.57 Å². The quantitative estimate of drug-likeness (QED) is 0.843. The Hall–Kier alpha value is -1.66. The first-order valence-corrected chi connectivity index (χ1v) is 9.71. The molecule has 1 aliphatic carbocycles. The lowest BCUT2D eigenvalue weighted by Crippen LogP contribution is -2.22. The van der Waals surface area contributed by atoms with Crippen LogP contribution in [0.1, 0.15) is 37.8 Å². The van der Waals surface area contributed by atoms with Crippen LogP contribution in [0, 0.1) is 5.82 Å². The maximum absolute atomic E-state index is 13.8. The molecule has 0 unspecified atom stereocenters. The van der Waals surface area contributed by atoms with Gasteiger partial charge in [0.1, 0.15) is 5.82 Å². The fraction of sp³-hybridized carbons (Fsp3) is 0.444. The normalized spacial score (nSPS) is 16.2. The van der Waals surface area contributed by atoms with E-state index in [4.69, 9.17) is 16.6 Å². The molecule has 7 heteroatoms. The maximum atomic E-state index is 13.8. The number of hydrogen-bond acceptors (Lipinski definition) is 3. The third-order valence-corrected chi connectivity index (χ3v) is 5.65. The van der Waals surface area contributed by atoms with Gasteiger partial charge in [0.2, 0.25) is 5.91 Å². The Labute approximate surface area is 155 Å². The Morgan fingerprint density at radius 1 is 1.40 bits per heavy atom. The highest BCUT2D eigenvalue weighted by atomic mass is 35.5. The molecule has 1 aromatic carbocycles. The Bertz CT molecular complexity index is 824. The highest BCUT2D eigenvalue weighted by molar-refractivity contribution is 7.07. The number of amides is 1. The van der Waals surface area contributed by atoms with E-state index < -0.39 is 5.82 Å². The SMILES string of the molecule is Cn1c(CC(=O)Nc2ccc(Cl)cc2F)csc1=NC1CCCCC1. The smallest absolute Gasteiger partial charge is 0.230 e. The molecular weight excluding hydrogens is 361 g/mol. The van der Waals surface area contributed by atoms with Crippen LogP contribution < -0.4 is 10.1 Å². The Kier molecular flexibility index (Phi) is 5.91. The van der Waals surface area contributed by atoms with Crippen molar-refractivity contribution in [3.63, 3.8) is 0 Å². The summed E-state index contributed by atoms with van der Waals surface area (Å²) in [6.07, 6.45) is 6.24. The molecule has 1 N–H and O–H groups in total. The van der Waals surface area contributed by atoms with Crippen LogP contribution in [0.2, 0.25) is 5.02 Å². The van der Waals surface area contributed by atoms with Gasteiger partial charge in [0.15, 0.2) is 4.80 Å². The van der Waals surface area contributed by atoms with Gasteiger partial charge in [-0.1, -0.05) is 30.9 Å². The van der Waals surface area contributed by atoms with Crippen LogP contribution >= 0.6 is 22.9 Å². The van der Waals surface area contributed by atoms with Crippen LogP contribution in [0.5, 0.6) is 0 Å². The van der Waals surface area contributed by atoms with E-state index >= 15 is 0 Å². The first kappa shape index (κ1) is 18.1. The average Bonchev–Trinajstić information content (AvgIpc) is 2.92. The number of benzene rings is 1. The Morgan fingerprint density at radius 2 is 2.16 bits per heavy atom. The molecule has 25 heavy (non-hydrogen) atoms. The summed E-state index contributed by atoms with van der Waals surface area (Å²) in [6, 6.07) is 4.59. The van der Waals surface area contributed by atoms with E-state index in [1.54, 1.807) is 17.4 Å². The van der Waals surface area contributed by atoms with Crippen LogP contribution in [0.4, 0.5) is 10.1 Å². The van der Waals surface area contributed by atoms with Crippen LogP contribution in [0.25, 0.3) is 0 Å². The number of aromatic nitrogens is 1. The summed E-state index contributed by atoms with van der Waals surface area (Å²) in [5.41, 5.74) is 1.01. The van der Waals surface area contributed by atoms with Gasteiger partial charge < -0.3 is 9.88 Å². The van der Waals surface area contributed by atoms with Gasteiger partial charge in [-0.3, -0.25) is 9.79 Å². The largest absolute Gasteiger partial charge is 0.324 e. The second-order valence-corrected chi connectivity index (χ2v) is 7.61. The predicted molar refractivity (Wildman–Crippen MR) is 99.5 cm³/mol. The van der Waals surface area contributed by atoms with E-state index in [1.807, 2.05) is 17.0 Å². The van der Waals surface area contributed by atoms with E-state index in [1.165, 1.54) is 31.4 Å². The average molecular weight is 382 g/mol. The van der Waals surface area contributed by atoms with E-state index in [0.29, 0.717) is 11.1 Å².